The van der Waals surface area contributed by atoms with Crippen molar-refractivity contribution in [3.8, 4) is 0 Å². The van der Waals surface area contributed by atoms with Crippen LogP contribution < -0.4 is 4.90 Å². The van der Waals surface area contributed by atoms with E-state index < -0.39 is 22.6 Å². The van der Waals surface area contributed by atoms with E-state index >= 15 is 0 Å². The van der Waals surface area contributed by atoms with Gasteiger partial charge in [-0.2, -0.15) is 4.31 Å². The second-order valence-electron chi connectivity index (χ2n) is 9.27. The summed E-state index contributed by atoms with van der Waals surface area (Å²) in [6, 6.07) is 12.4. The Labute approximate surface area is 206 Å². The van der Waals surface area contributed by atoms with Crippen molar-refractivity contribution in [2.75, 3.05) is 44.9 Å². The minimum Gasteiger partial charge on any atom is -0.454 e. The number of carbonyl (C=O) groups excluding carboxylic acids is 2. The van der Waals surface area contributed by atoms with E-state index in [1.165, 1.54) is 22.5 Å². The molecular weight excluding hydrogens is 468 g/mol. The van der Waals surface area contributed by atoms with Crippen LogP contribution in [0.3, 0.4) is 0 Å². The van der Waals surface area contributed by atoms with E-state index in [4.69, 9.17) is 9.47 Å². The summed E-state index contributed by atoms with van der Waals surface area (Å²) in [5, 5.41) is 0. The molecule has 8 nitrogen and oxygen atoms in total. The fourth-order valence-electron chi connectivity index (χ4n) is 4.60. The molecule has 2 aromatic carbocycles. The molecule has 0 bridgehead atoms. The third kappa shape index (κ3) is 4.76. The molecule has 2 heterocycles. The minimum absolute atomic E-state index is 0.0504. The molecule has 0 N–H and O–H groups in total. The molecule has 0 saturated carbocycles. The van der Waals surface area contributed by atoms with Crippen LogP contribution in [0.2, 0.25) is 0 Å². The lowest BCUT2D eigenvalue weighted by Crippen LogP contribution is -2.40. The molecule has 0 spiro atoms. The number of likely N-dealkylation sites (N-methyl/N-ethyl adjacent to an activating group) is 1. The number of nitrogens with zero attached hydrogens (tertiary/aromatic N) is 2. The summed E-state index contributed by atoms with van der Waals surface area (Å²) in [5.74, 6) is -1.10. The molecule has 0 atom stereocenters. The number of fused-ring (bicyclic) bond motifs is 1. The maximum absolute atomic E-state index is 13.1. The molecule has 2 aliphatic rings. The Morgan fingerprint density at radius 2 is 1.80 bits per heavy atom. The zero-order chi connectivity index (χ0) is 25.4. The number of carbonyl (C=O) groups is 2. The van der Waals surface area contributed by atoms with Crippen molar-refractivity contribution >= 4 is 27.5 Å². The third-order valence-electron chi connectivity index (χ3n) is 6.60. The normalized spacial score (nSPS) is 19.0. The van der Waals surface area contributed by atoms with Gasteiger partial charge in [0, 0.05) is 43.0 Å². The fourth-order valence-corrected chi connectivity index (χ4v) is 6.26. The van der Waals surface area contributed by atoms with Gasteiger partial charge in [-0.25, -0.2) is 13.2 Å². The number of morpholine rings is 1. The van der Waals surface area contributed by atoms with E-state index in [1.807, 2.05) is 50.1 Å². The first-order chi connectivity index (χ1) is 16.5. The van der Waals surface area contributed by atoms with Crippen molar-refractivity contribution in [1.82, 2.24) is 4.31 Å². The monoisotopic (exact) mass is 498 g/mol. The summed E-state index contributed by atoms with van der Waals surface area (Å²) in [7, 11) is -1.87. The SMILES string of the molecule is Cc1ccc(C(=O)OCC(=O)C=C2N(C)c3ccccc3C2(C)C)cc1S(=O)(=O)N1CCOCC1. The van der Waals surface area contributed by atoms with E-state index in [0.29, 0.717) is 18.8 Å². The van der Waals surface area contributed by atoms with Crippen molar-refractivity contribution < 1.29 is 27.5 Å². The molecule has 1 saturated heterocycles. The molecule has 186 valence electrons. The van der Waals surface area contributed by atoms with Crippen LogP contribution in [0.1, 0.15) is 35.3 Å². The van der Waals surface area contributed by atoms with Gasteiger partial charge in [-0.1, -0.05) is 38.1 Å². The number of hydrogen-bond acceptors (Lipinski definition) is 7. The van der Waals surface area contributed by atoms with Crippen molar-refractivity contribution in [3.05, 3.63) is 70.9 Å². The highest BCUT2D eigenvalue weighted by Crippen LogP contribution is 2.46. The van der Waals surface area contributed by atoms with Crippen LogP contribution >= 0.6 is 0 Å². The first-order valence-electron chi connectivity index (χ1n) is 11.5. The van der Waals surface area contributed by atoms with E-state index in [9.17, 15) is 18.0 Å². The number of sulfonamides is 1. The second kappa shape index (κ2) is 9.56. The maximum atomic E-state index is 13.1. The van der Waals surface area contributed by atoms with Gasteiger partial charge in [0.25, 0.3) is 0 Å². The molecule has 1 fully saturated rings. The Morgan fingerprint density at radius 1 is 1.11 bits per heavy atom. The Morgan fingerprint density at radius 3 is 2.49 bits per heavy atom. The number of allylic oxidation sites excluding steroid dienone is 1. The number of rotatable bonds is 6. The number of esters is 1. The highest BCUT2D eigenvalue weighted by molar-refractivity contribution is 7.89. The molecule has 2 aliphatic heterocycles. The lowest BCUT2D eigenvalue weighted by molar-refractivity contribution is -0.117. The zero-order valence-electron chi connectivity index (χ0n) is 20.4. The van der Waals surface area contributed by atoms with Gasteiger partial charge in [0.1, 0.15) is 0 Å². The van der Waals surface area contributed by atoms with Gasteiger partial charge >= 0.3 is 5.97 Å². The number of ether oxygens (including phenoxy) is 2. The molecule has 2 aromatic rings. The summed E-state index contributed by atoms with van der Waals surface area (Å²) < 4.78 is 38.0. The smallest absolute Gasteiger partial charge is 0.338 e. The number of ketones is 1. The first kappa shape index (κ1) is 25.1. The van der Waals surface area contributed by atoms with Crippen molar-refractivity contribution in [3.63, 3.8) is 0 Å². The maximum Gasteiger partial charge on any atom is 0.338 e. The summed E-state index contributed by atoms with van der Waals surface area (Å²) in [6.45, 7) is 6.50. The number of para-hydroxylation sites is 1. The van der Waals surface area contributed by atoms with Crippen LogP contribution in [0.4, 0.5) is 5.69 Å². The molecule has 0 aromatic heterocycles. The molecule has 0 amide bonds. The van der Waals surface area contributed by atoms with Crippen molar-refractivity contribution in [2.45, 2.75) is 31.1 Å². The quantitative estimate of drug-likeness (QED) is 0.446. The van der Waals surface area contributed by atoms with Gasteiger partial charge < -0.3 is 14.4 Å². The number of anilines is 1. The minimum atomic E-state index is -3.78. The van der Waals surface area contributed by atoms with Crippen molar-refractivity contribution in [2.24, 2.45) is 0 Å². The highest BCUT2D eigenvalue weighted by atomic mass is 32.2. The van der Waals surface area contributed by atoms with Gasteiger partial charge in [0.05, 0.1) is 23.7 Å². The first-order valence-corrected chi connectivity index (χ1v) is 12.9. The largest absolute Gasteiger partial charge is 0.454 e. The lowest BCUT2D eigenvalue weighted by Gasteiger charge is -2.26. The molecule has 35 heavy (non-hydrogen) atoms. The van der Waals surface area contributed by atoms with Gasteiger partial charge in [-0.3, -0.25) is 4.79 Å². The number of benzene rings is 2. The van der Waals surface area contributed by atoms with Gasteiger partial charge in [0.15, 0.2) is 12.4 Å². The lowest BCUT2D eigenvalue weighted by atomic mass is 9.83. The fraction of sp³-hybridized carbons (Fsp3) is 0.385. The molecule has 0 unspecified atom stereocenters. The second-order valence-corrected chi connectivity index (χ2v) is 11.2. The Hall–Kier alpha value is -3.01. The van der Waals surface area contributed by atoms with Crippen LogP contribution in [0, 0.1) is 6.92 Å². The zero-order valence-corrected chi connectivity index (χ0v) is 21.2. The summed E-state index contributed by atoms with van der Waals surface area (Å²) in [6.07, 6.45) is 1.51. The van der Waals surface area contributed by atoms with Crippen molar-refractivity contribution in [1.29, 1.82) is 0 Å². The molecule has 0 aliphatic carbocycles. The van der Waals surface area contributed by atoms with E-state index in [1.54, 1.807) is 13.0 Å². The molecule has 4 rings (SSSR count). The van der Waals surface area contributed by atoms with Crippen LogP contribution in [0.5, 0.6) is 0 Å². The van der Waals surface area contributed by atoms with E-state index in [0.717, 1.165) is 16.9 Å². The predicted molar refractivity (Wildman–Crippen MR) is 132 cm³/mol. The Bertz CT molecular complexity index is 1290. The van der Waals surface area contributed by atoms with Gasteiger partial charge in [-0.15, -0.1) is 0 Å². The number of hydrogen-bond donors (Lipinski definition) is 0. The van der Waals surface area contributed by atoms with Crippen LogP contribution in [-0.2, 0) is 29.7 Å². The third-order valence-corrected chi connectivity index (χ3v) is 8.64. The Balaban J connectivity index is 1.48. The van der Waals surface area contributed by atoms with Gasteiger partial charge in [-0.05, 0) is 36.2 Å². The van der Waals surface area contributed by atoms with Crippen LogP contribution in [-0.4, -0.2) is 64.4 Å². The highest BCUT2D eigenvalue weighted by Gasteiger charge is 2.38. The summed E-state index contributed by atoms with van der Waals surface area (Å²) in [5.41, 5.74) is 3.20. The van der Waals surface area contributed by atoms with Crippen LogP contribution in [0.15, 0.2) is 59.1 Å². The molecular formula is C26H30N2O6S. The predicted octanol–water partition coefficient (Wildman–Crippen LogP) is 3.05. The topological polar surface area (TPSA) is 93.2 Å². The Kier molecular flexibility index (Phi) is 6.86. The number of aryl methyl sites for hydroxylation is 1. The average molecular weight is 499 g/mol. The van der Waals surface area contributed by atoms with Crippen LogP contribution in [0.25, 0.3) is 0 Å². The van der Waals surface area contributed by atoms with E-state index in [-0.39, 0.29) is 34.7 Å². The summed E-state index contributed by atoms with van der Waals surface area (Å²) in [4.78, 5) is 27.4. The van der Waals surface area contributed by atoms with E-state index in [2.05, 4.69) is 0 Å². The molecule has 0 radical (unpaired) electrons. The molecule has 9 heteroatoms. The van der Waals surface area contributed by atoms with Gasteiger partial charge in [0.2, 0.25) is 10.0 Å². The average Bonchev–Trinajstić information content (AvgIpc) is 3.04. The standard InChI is InChI=1S/C26H30N2O6S/c1-18-9-10-19(15-23(18)35(31,32)28-11-13-33-14-12-28)25(30)34-17-20(29)16-24-26(2,3)21-7-5-6-8-22(21)27(24)4/h5-10,15-16H,11-14,17H2,1-4H3. The summed E-state index contributed by atoms with van der Waals surface area (Å²) >= 11 is 0.